The van der Waals surface area contributed by atoms with E-state index in [4.69, 9.17) is 0 Å². The monoisotopic (exact) mass is 130 g/mol. The second-order valence-corrected chi connectivity index (χ2v) is 2.32. The van der Waals surface area contributed by atoms with Crippen LogP contribution in [0.2, 0.25) is 0 Å². The van der Waals surface area contributed by atoms with E-state index in [0.717, 1.165) is 0 Å². The maximum Gasteiger partial charge on any atom is 1.00 e. The van der Waals surface area contributed by atoms with Gasteiger partial charge in [-0.1, -0.05) is 0 Å². The molecule has 0 N–H and O–H groups in total. The molecule has 0 fully saturated rings. The van der Waals surface area contributed by atoms with E-state index in [2.05, 4.69) is 10.4 Å². The van der Waals surface area contributed by atoms with E-state index in [9.17, 15) is 8.42 Å². The van der Waals surface area contributed by atoms with Gasteiger partial charge in [0.05, 0.1) is 6.61 Å². The maximum atomic E-state index is 9.90. The van der Waals surface area contributed by atoms with Crippen molar-refractivity contribution in [2.75, 3.05) is 6.61 Å². The fourth-order valence-electron chi connectivity index (χ4n) is 0.180. The summed E-state index contributed by atoms with van der Waals surface area (Å²) in [5.41, 5.74) is 0. The molecule has 0 aliphatic carbocycles. The summed E-state index contributed by atoms with van der Waals surface area (Å²) in [4.78, 5) is 0. The molecule has 0 bridgehead atoms. The van der Waals surface area contributed by atoms with Crippen molar-refractivity contribution in [1.82, 2.24) is 0 Å². The first-order chi connectivity index (χ1) is 3.06. The Morgan fingerprint density at radius 3 is 2.00 bits per heavy atom. The molecule has 0 spiro atoms. The van der Waals surface area contributed by atoms with E-state index in [-0.39, 0.29) is 25.5 Å². The van der Waals surface area contributed by atoms with E-state index >= 15 is 0 Å². The van der Waals surface area contributed by atoms with E-state index in [1.807, 2.05) is 0 Å². The van der Waals surface area contributed by atoms with Crippen LogP contribution in [0.15, 0.2) is 0 Å². The van der Waals surface area contributed by atoms with Crippen molar-refractivity contribution in [3.63, 3.8) is 0 Å². The van der Waals surface area contributed by atoms with E-state index in [0.29, 0.717) is 0 Å². The Hall–Kier alpha value is 0.507. The fraction of sp³-hybridized carbons (Fsp3) is 0.667. The zero-order chi connectivity index (χ0) is 5.91. The molecular formula is C3H7LiO3S. The first kappa shape index (κ1) is 11.3. The van der Waals surface area contributed by atoms with Gasteiger partial charge in [-0.05, 0) is 6.92 Å². The van der Waals surface area contributed by atoms with Crippen LogP contribution in [0, 0.1) is 6.26 Å². The van der Waals surface area contributed by atoms with Crippen molar-refractivity contribution in [2.24, 2.45) is 0 Å². The third-order valence-corrected chi connectivity index (χ3v) is 0.892. The Labute approximate surface area is 61.7 Å². The average molecular weight is 130 g/mol. The van der Waals surface area contributed by atoms with E-state index < -0.39 is 10.1 Å². The minimum Gasteiger partial charge on any atom is -0.294 e. The first-order valence-electron chi connectivity index (χ1n) is 1.78. The molecule has 5 heteroatoms. The molecule has 0 unspecified atom stereocenters. The first-order valence-corrected chi connectivity index (χ1v) is 3.36. The Morgan fingerprint density at radius 1 is 1.62 bits per heavy atom. The second kappa shape index (κ2) is 4.39. The quantitative estimate of drug-likeness (QED) is 0.229. The average Bonchev–Trinajstić information content (AvgIpc) is 1.30. The van der Waals surface area contributed by atoms with E-state index in [1.165, 1.54) is 0 Å². The van der Waals surface area contributed by atoms with Gasteiger partial charge in [0.1, 0.15) is 10.1 Å². The molecular weight excluding hydrogens is 123 g/mol. The fourth-order valence-corrected chi connectivity index (χ4v) is 0.539. The summed E-state index contributed by atoms with van der Waals surface area (Å²) in [5, 5.41) is 0. The van der Waals surface area contributed by atoms with Gasteiger partial charge < -0.3 is 0 Å². The molecule has 0 aromatic carbocycles. The molecule has 0 saturated carbocycles. The minimum absolute atomic E-state index is 0. The van der Waals surface area contributed by atoms with E-state index in [1.54, 1.807) is 6.92 Å². The van der Waals surface area contributed by atoms with Gasteiger partial charge in [-0.2, -0.15) is 6.26 Å². The molecule has 0 atom stereocenters. The summed E-state index contributed by atoms with van der Waals surface area (Å²) in [7, 11) is -3.42. The Morgan fingerprint density at radius 2 is 2.00 bits per heavy atom. The Kier molecular flexibility index (Phi) is 6.22. The predicted octanol–water partition coefficient (Wildman–Crippen LogP) is -2.85. The molecule has 0 saturated heterocycles. The van der Waals surface area contributed by atoms with Gasteiger partial charge in [0, 0.05) is 0 Å². The van der Waals surface area contributed by atoms with Crippen LogP contribution in [-0.2, 0) is 14.3 Å². The summed E-state index contributed by atoms with van der Waals surface area (Å²) < 4.78 is 23.9. The van der Waals surface area contributed by atoms with Crippen LogP contribution >= 0.6 is 0 Å². The number of hydrogen-bond donors (Lipinski definition) is 0. The normalized spacial score (nSPS) is 10.2. The molecule has 0 aliphatic heterocycles. The van der Waals surface area contributed by atoms with Crippen LogP contribution in [0.25, 0.3) is 0 Å². The number of rotatable bonds is 2. The zero-order valence-corrected chi connectivity index (χ0v) is 5.86. The smallest absolute Gasteiger partial charge is 0.294 e. The standard InChI is InChI=1S/C3H7O3S.Li/c1-3-6-7(2,4)5;/h2-3H2,1H3;/q-1;+1. The molecule has 0 aliphatic rings. The molecule has 0 radical (unpaired) electrons. The van der Waals surface area contributed by atoms with Crippen molar-refractivity contribution in [2.45, 2.75) is 6.92 Å². The molecule has 3 nitrogen and oxygen atoms in total. The van der Waals surface area contributed by atoms with Crippen LogP contribution < -0.4 is 18.9 Å². The zero-order valence-electron chi connectivity index (χ0n) is 5.05. The van der Waals surface area contributed by atoms with Gasteiger partial charge in [-0.3, -0.25) is 4.18 Å². The summed E-state index contributed by atoms with van der Waals surface area (Å²) in [6.07, 6.45) is 2.71. The maximum absolute atomic E-state index is 9.90. The third-order valence-electron chi connectivity index (χ3n) is 0.297. The van der Waals surface area contributed by atoms with Crippen LogP contribution in [0.5, 0.6) is 0 Å². The molecule has 44 valence electrons. The summed E-state index contributed by atoms with van der Waals surface area (Å²) in [6.45, 7) is 1.74. The summed E-state index contributed by atoms with van der Waals surface area (Å²) in [5.74, 6) is 0. The van der Waals surface area contributed by atoms with Crippen molar-refractivity contribution in [1.29, 1.82) is 0 Å². The third kappa shape index (κ3) is 9.72. The Bertz CT molecular complexity index is 127. The predicted molar refractivity (Wildman–Crippen MR) is 25.9 cm³/mol. The van der Waals surface area contributed by atoms with Crippen LogP contribution in [0.4, 0.5) is 0 Å². The van der Waals surface area contributed by atoms with Crippen molar-refractivity contribution in [3.8, 4) is 0 Å². The Balaban J connectivity index is 0. The molecule has 0 aromatic rings. The van der Waals surface area contributed by atoms with Crippen LogP contribution in [-0.4, -0.2) is 15.0 Å². The second-order valence-electron chi connectivity index (χ2n) is 0.964. The molecule has 0 rings (SSSR count). The van der Waals surface area contributed by atoms with Gasteiger partial charge in [0.2, 0.25) is 0 Å². The van der Waals surface area contributed by atoms with Crippen molar-refractivity contribution < 1.29 is 31.5 Å². The summed E-state index contributed by atoms with van der Waals surface area (Å²) in [6, 6.07) is 0. The molecule has 0 amide bonds. The SMILES string of the molecule is [CH2-]S(=O)(=O)OCC.[Li+]. The minimum atomic E-state index is -3.42. The topological polar surface area (TPSA) is 43.4 Å². The molecule has 8 heavy (non-hydrogen) atoms. The van der Waals surface area contributed by atoms with Crippen molar-refractivity contribution >= 4 is 10.1 Å². The molecule has 0 heterocycles. The van der Waals surface area contributed by atoms with Gasteiger partial charge in [-0.15, -0.1) is 0 Å². The van der Waals surface area contributed by atoms with Crippen LogP contribution in [0.1, 0.15) is 6.92 Å². The van der Waals surface area contributed by atoms with Crippen molar-refractivity contribution in [3.05, 3.63) is 6.26 Å². The largest absolute Gasteiger partial charge is 1.00 e. The van der Waals surface area contributed by atoms with Gasteiger partial charge in [-0.25, -0.2) is 8.42 Å². The number of hydrogen-bond acceptors (Lipinski definition) is 3. The van der Waals surface area contributed by atoms with Gasteiger partial charge in [0.25, 0.3) is 0 Å². The summed E-state index contributed by atoms with van der Waals surface area (Å²) >= 11 is 0. The van der Waals surface area contributed by atoms with Gasteiger partial charge >= 0.3 is 18.9 Å². The van der Waals surface area contributed by atoms with Gasteiger partial charge in [0.15, 0.2) is 0 Å². The molecule has 0 aromatic heterocycles. The van der Waals surface area contributed by atoms with Crippen LogP contribution in [0.3, 0.4) is 0 Å².